The Morgan fingerprint density at radius 1 is 1.14 bits per heavy atom. The minimum Gasteiger partial charge on any atom is -0.493 e. The van der Waals surface area contributed by atoms with Gasteiger partial charge < -0.3 is 4.74 Å². The van der Waals surface area contributed by atoms with Gasteiger partial charge in [-0.25, -0.2) is 0 Å². The molecule has 0 fully saturated rings. The second-order valence-corrected chi connectivity index (χ2v) is 4.22. The number of carbonyl (C=O) groups is 1. The number of benzene rings is 2. The number of nitriles is 2. The summed E-state index contributed by atoms with van der Waals surface area (Å²) in [5.74, 6) is 0.578. The van der Waals surface area contributed by atoms with Crippen molar-refractivity contribution in [3.05, 3.63) is 53.1 Å². The Balaban J connectivity index is 2.83. The average molecular weight is 276 g/mol. The van der Waals surface area contributed by atoms with Gasteiger partial charge in [0.1, 0.15) is 17.9 Å². The molecular formula is C17H12N2O2. The molecule has 102 valence electrons. The van der Waals surface area contributed by atoms with Crippen LogP contribution in [0.2, 0.25) is 0 Å². The van der Waals surface area contributed by atoms with Gasteiger partial charge in [-0.05, 0) is 25.1 Å². The molecular weight excluding hydrogens is 264 g/mol. The van der Waals surface area contributed by atoms with Gasteiger partial charge in [-0.1, -0.05) is 18.2 Å². The largest absolute Gasteiger partial charge is 0.493 e. The van der Waals surface area contributed by atoms with E-state index in [1.165, 1.54) is 6.07 Å². The predicted molar refractivity (Wildman–Crippen MR) is 77.9 cm³/mol. The zero-order valence-electron chi connectivity index (χ0n) is 11.5. The molecule has 2 rings (SSSR count). The fourth-order valence-corrected chi connectivity index (χ4v) is 2.17. The summed E-state index contributed by atoms with van der Waals surface area (Å²) in [5.41, 5.74) is 1.86. The third-order valence-electron chi connectivity index (χ3n) is 3.05. The molecule has 0 unspecified atom stereocenters. The van der Waals surface area contributed by atoms with Crippen LogP contribution in [0.4, 0.5) is 0 Å². The third kappa shape index (κ3) is 2.61. The lowest BCUT2D eigenvalue weighted by Gasteiger charge is -2.13. The lowest BCUT2D eigenvalue weighted by atomic mass is 9.91. The molecule has 2 aromatic rings. The Kier molecular flexibility index (Phi) is 4.33. The van der Waals surface area contributed by atoms with E-state index in [0.717, 1.165) is 0 Å². The summed E-state index contributed by atoms with van der Waals surface area (Å²) < 4.78 is 5.56. The maximum Gasteiger partial charge on any atom is 0.150 e. The summed E-state index contributed by atoms with van der Waals surface area (Å²) in [6.45, 7) is 2.32. The van der Waals surface area contributed by atoms with Crippen LogP contribution in [0.15, 0.2) is 36.4 Å². The molecule has 0 amide bonds. The summed E-state index contributed by atoms with van der Waals surface area (Å²) in [6, 6.07) is 14.2. The molecule has 0 heterocycles. The van der Waals surface area contributed by atoms with E-state index in [0.29, 0.717) is 35.3 Å². The van der Waals surface area contributed by atoms with Crippen LogP contribution in [-0.2, 0) is 0 Å². The summed E-state index contributed by atoms with van der Waals surface area (Å²) in [6.07, 6.45) is 0.681. The van der Waals surface area contributed by atoms with E-state index in [9.17, 15) is 10.1 Å². The monoisotopic (exact) mass is 276 g/mol. The molecule has 0 spiro atoms. The predicted octanol–water partition coefficient (Wildman–Crippen LogP) is 3.31. The lowest BCUT2D eigenvalue weighted by molar-refractivity contribution is 0.112. The van der Waals surface area contributed by atoms with Crippen LogP contribution in [-0.4, -0.2) is 12.9 Å². The zero-order valence-corrected chi connectivity index (χ0v) is 11.5. The summed E-state index contributed by atoms with van der Waals surface area (Å²) >= 11 is 0. The highest BCUT2D eigenvalue weighted by atomic mass is 16.5. The van der Waals surface area contributed by atoms with E-state index in [1.807, 2.05) is 25.1 Å². The van der Waals surface area contributed by atoms with Gasteiger partial charge in [0.2, 0.25) is 0 Å². The number of aldehydes is 1. The van der Waals surface area contributed by atoms with Gasteiger partial charge in [-0.2, -0.15) is 10.5 Å². The van der Waals surface area contributed by atoms with Gasteiger partial charge in [0.15, 0.2) is 6.29 Å². The highest BCUT2D eigenvalue weighted by Crippen LogP contribution is 2.35. The Hall–Kier alpha value is -3.11. The Labute approximate surface area is 122 Å². The number of ether oxygens (including phenoxy) is 1. The Bertz CT molecular complexity index is 767. The topological polar surface area (TPSA) is 73.9 Å². The van der Waals surface area contributed by atoms with E-state index in [-0.39, 0.29) is 11.1 Å². The van der Waals surface area contributed by atoms with Crippen molar-refractivity contribution < 1.29 is 9.53 Å². The number of hydrogen-bond donors (Lipinski definition) is 0. The molecule has 0 saturated heterocycles. The Morgan fingerprint density at radius 3 is 2.52 bits per heavy atom. The van der Waals surface area contributed by atoms with Crippen LogP contribution in [0.1, 0.15) is 28.4 Å². The van der Waals surface area contributed by atoms with Crippen molar-refractivity contribution >= 4 is 6.29 Å². The van der Waals surface area contributed by atoms with E-state index < -0.39 is 0 Å². The van der Waals surface area contributed by atoms with Gasteiger partial charge in [0.25, 0.3) is 0 Å². The molecule has 0 N–H and O–H groups in total. The molecule has 0 bridgehead atoms. The number of rotatable bonds is 4. The first kappa shape index (κ1) is 14.3. The molecule has 0 aliphatic rings. The maximum atomic E-state index is 11.3. The summed E-state index contributed by atoms with van der Waals surface area (Å²) in [7, 11) is 0. The maximum absolute atomic E-state index is 11.3. The lowest BCUT2D eigenvalue weighted by Crippen LogP contribution is -1.99. The smallest absolute Gasteiger partial charge is 0.150 e. The number of hydrogen-bond acceptors (Lipinski definition) is 4. The molecule has 4 heteroatoms. The van der Waals surface area contributed by atoms with Crippen molar-refractivity contribution in [1.29, 1.82) is 10.5 Å². The quantitative estimate of drug-likeness (QED) is 0.803. The van der Waals surface area contributed by atoms with Crippen molar-refractivity contribution in [3.8, 4) is 29.0 Å². The number of para-hydroxylation sites is 1. The third-order valence-corrected chi connectivity index (χ3v) is 3.05. The first-order valence-electron chi connectivity index (χ1n) is 6.41. The van der Waals surface area contributed by atoms with Gasteiger partial charge in [0.05, 0.1) is 17.7 Å². The van der Waals surface area contributed by atoms with Gasteiger partial charge in [0, 0.05) is 16.7 Å². The molecule has 2 aromatic carbocycles. The molecule has 4 nitrogen and oxygen atoms in total. The second-order valence-electron chi connectivity index (χ2n) is 4.22. The zero-order chi connectivity index (χ0) is 15.2. The minimum atomic E-state index is 0.189. The van der Waals surface area contributed by atoms with Crippen molar-refractivity contribution in [1.82, 2.24) is 0 Å². The number of carbonyl (C=O) groups excluding carboxylic acids is 1. The van der Waals surface area contributed by atoms with E-state index in [2.05, 4.69) is 0 Å². The van der Waals surface area contributed by atoms with Crippen LogP contribution in [0.25, 0.3) is 11.1 Å². The van der Waals surface area contributed by atoms with Crippen LogP contribution in [0.3, 0.4) is 0 Å². The van der Waals surface area contributed by atoms with Crippen molar-refractivity contribution in [2.24, 2.45) is 0 Å². The molecule has 0 aromatic heterocycles. The molecule has 0 aliphatic carbocycles. The first-order chi connectivity index (χ1) is 10.3. The Morgan fingerprint density at radius 2 is 1.90 bits per heavy atom. The molecule has 0 aliphatic heterocycles. The molecule has 0 atom stereocenters. The van der Waals surface area contributed by atoms with E-state index >= 15 is 0 Å². The normalized spacial score (nSPS) is 9.48. The molecule has 0 saturated carbocycles. The van der Waals surface area contributed by atoms with Gasteiger partial charge >= 0.3 is 0 Å². The van der Waals surface area contributed by atoms with E-state index in [1.54, 1.807) is 24.3 Å². The van der Waals surface area contributed by atoms with Gasteiger partial charge in [-0.3, -0.25) is 4.79 Å². The van der Waals surface area contributed by atoms with Crippen LogP contribution >= 0.6 is 0 Å². The highest BCUT2D eigenvalue weighted by Gasteiger charge is 2.17. The van der Waals surface area contributed by atoms with Crippen LogP contribution in [0, 0.1) is 22.7 Å². The fourth-order valence-electron chi connectivity index (χ4n) is 2.17. The second kappa shape index (κ2) is 6.36. The van der Waals surface area contributed by atoms with Crippen LogP contribution in [0.5, 0.6) is 5.75 Å². The standard InChI is InChI=1S/C17H12N2O2/c1-2-21-16-6-4-3-5-14(16)17-13(11-20)8-7-12(9-18)15(17)10-19/h3-8,11H,2H2,1H3. The molecule has 0 radical (unpaired) electrons. The minimum absolute atomic E-state index is 0.189. The summed E-state index contributed by atoms with van der Waals surface area (Å²) in [5, 5.41) is 18.5. The van der Waals surface area contributed by atoms with Crippen molar-refractivity contribution in [3.63, 3.8) is 0 Å². The highest BCUT2D eigenvalue weighted by molar-refractivity contribution is 5.93. The van der Waals surface area contributed by atoms with Crippen molar-refractivity contribution in [2.45, 2.75) is 6.92 Å². The fraction of sp³-hybridized carbons (Fsp3) is 0.118. The van der Waals surface area contributed by atoms with Crippen molar-refractivity contribution in [2.75, 3.05) is 6.61 Å². The molecule has 21 heavy (non-hydrogen) atoms. The van der Waals surface area contributed by atoms with E-state index in [4.69, 9.17) is 10.00 Å². The van der Waals surface area contributed by atoms with Gasteiger partial charge in [-0.15, -0.1) is 0 Å². The number of nitrogens with zero attached hydrogens (tertiary/aromatic N) is 2. The summed E-state index contributed by atoms with van der Waals surface area (Å²) in [4.78, 5) is 11.3. The average Bonchev–Trinajstić information content (AvgIpc) is 2.54. The SMILES string of the molecule is CCOc1ccccc1-c1c(C=O)ccc(C#N)c1C#N. The van der Waals surface area contributed by atoms with Crippen LogP contribution < -0.4 is 4.74 Å². The first-order valence-corrected chi connectivity index (χ1v) is 6.41.